The molecular weight excluding hydrogens is 436 g/mol. The highest BCUT2D eigenvalue weighted by molar-refractivity contribution is 6.04. The fourth-order valence-electron chi connectivity index (χ4n) is 4.65. The summed E-state index contributed by atoms with van der Waals surface area (Å²) < 4.78 is 26.9. The maximum atomic E-state index is 13.5. The summed E-state index contributed by atoms with van der Waals surface area (Å²) in [4.78, 5) is 23.5. The molecule has 1 saturated heterocycles. The lowest BCUT2D eigenvalue weighted by atomic mass is 9.70. The standard InChI is InChI=1S/C24H31F2N5O.C2H6/c1-23(2)8-5-16(6-9-23)19-15-17(27)3-4-18(19)21(32)30-22-28-12-7-20(29-22)31-13-10-24(25,26)11-14-31;1-2/h3-4,7,12,15-16H,5-6,8-11,13-14,27H2,1-2H3,(H,28,29,30,32);1-2H3. The van der Waals surface area contributed by atoms with E-state index >= 15 is 0 Å². The van der Waals surface area contributed by atoms with Crippen LogP contribution in [0.1, 0.15) is 88.1 Å². The van der Waals surface area contributed by atoms with Gasteiger partial charge in [-0.1, -0.05) is 27.7 Å². The Labute approximate surface area is 201 Å². The number of hydrogen-bond donors (Lipinski definition) is 2. The van der Waals surface area contributed by atoms with Crippen molar-refractivity contribution >= 4 is 23.4 Å². The largest absolute Gasteiger partial charge is 0.399 e. The van der Waals surface area contributed by atoms with Gasteiger partial charge in [0, 0.05) is 43.4 Å². The second kappa shape index (κ2) is 10.7. The summed E-state index contributed by atoms with van der Waals surface area (Å²) in [6.07, 6.45) is 5.38. The van der Waals surface area contributed by atoms with Gasteiger partial charge in [-0.05, 0) is 66.8 Å². The maximum absolute atomic E-state index is 13.5. The van der Waals surface area contributed by atoms with E-state index in [9.17, 15) is 13.6 Å². The first-order valence-electron chi connectivity index (χ1n) is 12.3. The topological polar surface area (TPSA) is 84.1 Å². The number of nitrogens with two attached hydrogens (primary N) is 1. The van der Waals surface area contributed by atoms with E-state index < -0.39 is 5.92 Å². The van der Waals surface area contributed by atoms with Crippen molar-refractivity contribution < 1.29 is 13.6 Å². The first-order valence-corrected chi connectivity index (χ1v) is 12.3. The predicted octanol–water partition coefficient (Wildman–Crippen LogP) is 6.26. The number of rotatable bonds is 4. The molecule has 34 heavy (non-hydrogen) atoms. The van der Waals surface area contributed by atoms with Gasteiger partial charge in [0.05, 0.1) is 0 Å². The fraction of sp³-hybridized carbons (Fsp3) is 0.577. The number of aromatic nitrogens is 2. The zero-order chi connectivity index (χ0) is 24.9. The van der Waals surface area contributed by atoms with Gasteiger partial charge < -0.3 is 10.6 Å². The number of carbonyl (C=O) groups excluding carboxylic acids is 1. The van der Waals surface area contributed by atoms with Crippen molar-refractivity contribution in [3.05, 3.63) is 41.6 Å². The summed E-state index contributed by atoms with van der Waals surface area (Å²) in [6, 6.07) is 7.08. The van der Waals surface area contributed by atoms with Gasteiger partial charge in [-0.2, -0.15) is 4.98 Å². The zero-order valence-corrected chi connectivity index (χ0v) is 20.7. The van der Waals surface area contributed by atoms with Crippen molar-refractivity contribution in [3.63, 3.8) is 0 Å². The number of nitrogens with zero attached hydrogens (tertiary/aromatic N) is 3. The van der Waals surface area contributed by atoms with E-state index in [1.54, 1.807) is 23.1 Å². The van der Waals surface area contributed by atoms with E-state index in [1.807, 2.05) is 19.9 Å². The number of nitrogens with one attached hydrogen (secondary N) is 1. The second-order valence-corrected chi connectivity index (χ2v) is 9.82. The average molecular weight is 474 g/mol. The summed E-state index contributed by atoms with van der Waals surface area (Å²) in [5.41, 5.74) is 8.56. The smallest absolute Gasteiger partial charge is 0.258 e. The molecule has 0 atom stereocenters. The number of piperidine rings is 1. The summed E-state index contributed by atoms with van der Waals surface area (Å²) >= 11 is 0. The van der Waals surface area contributed by atoms with Crippen molar-refractivity contribution in [3.8, 4) is 0 Å². The van der Waals surface area contributed by atoms with Crippen LogP contribution < -0.4 is 16.0 Å². The second-order valence-electron chi connectivity index (χ2n) is 9.82. The number of halogens is 2. The maximum Gasteiger partial charge on any atom is 0.258 e. The molecule has 1 aliphatic heterocycles. The number of carbonyl (C=O) groups is 1. The molecule has 2 heterocycles. The van der Waals surface area contributed by atoms with Crippen LogP contribution in [0.25, 0.3) is 0 Å². The van der Waals surface area contributed by atoms with Gasteiger partial charge in [0.1, 0.15) is 5.82 Å². The SMILES string of the molecule is CC.CC1(C)CCC(c2cc(N)ccc2C(=O)Nc2nccc(N3CCC(F)(F)CC3)n2)CC1. The van der Waals surface area contributed by atoms with Crippen LogP contribution in [0.5, 0.6) is 0 Å². The number of hydrogen-bond acceptors (Lipinski definition) is 5. The molecule has 3 N–H and O–H groups in total. The monoisotopic (exact) mass is 473 g/mol. The van der Waals surface area contributed by atoms with Gasteiger partial charge in [-0.3, -0.25) is 10.1 Å². The lowest BCUT2D eigenvalue weighted by molar-refractivity contribution is -0.0221. The van der Waals surface area contributed by atoms with Crippen LogP contribution in [0, 0.1) is 5.41 Å². The average Bonchev–Trinajstić information content (AvgIpc) is 2.80. The third kappa shape index (κ3) is 6.42. The molecule has 1 aromatic carbocycles. The Hall–Kier alpha value is -2.77. The van der Waals surface area contributed by atoms with Crippen molar-refractivity contribution in [2.75, 3.05) is 29.0 Å². The molecule has 0 unspecified atom stereocenters. The molecule has 0 spiro atoms. The molecule has 6 nitrogen and oxygen atoms in total. The number of anilines is 3. The molecule has 2 fully saturated rings. The van der Waals surface area contributed by atoms with Crippen LogP contribution in [0.2, 0.25) is 0 Å². The minimum atomic E-state index is -2.62. The summed E-state index contributed by atoms with van der Waals surface area (Å²) in [5.74, 6) is -1.92. The van der Waals surface area contributed by atoms with E-state index in [1.165, 1.54) is 6.20 Å². The van der Waals surface area contributed by atoms with Crippen molar-refractivity contribution in [2.24, 2.45) is 5.41 Å². The predicted molar refractivity (Wildman–Crippen MR) is 134 cm³/mol. The Morgan fingerprint density at radius 3 is 2.38 bits per heavy atom. The molecule has 1 aromatic heterocycles. The fourth-order valence-corrected chi connectivity index (χ4v) is 4.65. The summed E-state index contributed by atoms with van der Waals surface area (Å²) in [7, 11) is 0. The Morgan fingerprint density at radius 2 is 1.74 bits per heavy atom. The van der Waals surface area contributed by atoms with E-state index in [-0.39, 0.29) is 43.7 Å². The van der Waals surface area contributed by atoms with E-state index in [0.717, 1.165) is 31.2 Å². The van der Waals surface area contributed by atoms with E-state index in [2.05, 4.69) is 29.1 Å². The molecular formula is C26H37F2N5O. The van der Waals surface area contributed by atoms with Crippen LogP contribution in [-0.4, -0.2) is 34.9 Å². The minimum Gasteiger partial charge on any atom is -0.399 e. The molecule has 1 amide bonds. The van der Waals surface area contributed by atoms with E-state index in [4.69, 9.17) is 5.73 Å². The van der Waals surface area contributed by atoms with Gasteiger partial charge in [-0.15, -0.1) is 0 Å². The van der Waals surface area contributed by atoms with Crippen LogP contribution in [-0.2, 0) is 0 Å². The van der Waals surface area contributed by atoms with Crippen molar-refractivity contribution in [2.45, 2.75) is 78.1 Å². The third-order valence-corrected chi connectivity index (χ3v) is 6.78. The Bertz CT molecular complexity index is 975. The highest BCUT2D eigenvalue weighted by Crippen LogP contribution is 2.43. The van der Waals surface area contributed by atoms with Gasteiger partial charge in [0.2, 0.25) is 5.95 Å². The molecule has 0 bridgehead atoms. The van der Waals surface area contributed by atoms with Crippen molar-refractivity contribution in [1.29, 1.82) is 0 Å². The molecule has 4 rings (SSSR count). The van der Waals surface area contributed by atoms with Gasteiger partial charge in [0.15, 0.2) is 0 Å². The van der Waals surface area contributed by atoms with Gasteiger partial charge in [0.25, 0.3) is 11.8 Å². The summed E-state index contributed by atoms with van der Waals surface area (Å²) in [5, 5.41) is 2.79. The number of benzene rings is 1. The Morgan fingerprint density at radius 1 is 1.09 bits per heavy atom. The highest BCUT2D eigenvalue weighted by atomic mass is 19.3. The molecule has 0 radical (unpaired) electrons. The first kappa shape index (κ1) is 25.8. The van der Waals surface area contributed by atoms with Crippen LogP contribution in [0.15, 0.2) is 30.5 Å². The minimum absolute atomic E-state index is 0.164. The number of amides is 1. The zero-order valence-electron chi connectivity index (χ0n) is 20.7. The quantitative estimate of drug-likeness (QED) is 0.512. The normalized spacial score (nSPS) is 19.6. The van der Waals surface area contributed by atoms with Gasteiger partial charge in [-0.25, -0.2) is 13.8 Å². The molecule has 2 aromatic rings. The molecule has 1 saturated carbocycles. The van der Waals surface area contributed by atoms with Crippen LogP contribution >= 0.6 is 0 Å². The lowest BCUT2D eigenvalue weighted by Gasteiger charge is -2.35. The summed E-state index contributed by atoms with van der Waals surface area (Å²) in [6.45, 7) is 9.00. The highest BCUT2D eigenvalue weighted by Gasteiger charge is 2.34. The molecule has 2 aliphatic rings. The molecule has 186 valence electrons. The Kier molecular flexibility index (Phi) is 8.10. The Balaban J connectivity index is 0.00000158. The lowest BCUT2D eigenvalue weighted by Crippen LogP contribution is -2.39. The molecule has 8 heteroatoms. The number of nitrogen functional groups attached to an aromatic ring is 1. The third-order valence-electron chi connectivity index (χ3n) is 6.78. The number of alkyl halides is 2. The van der Waals surface area contributed by atoms with Crippen molar-refractivity contribution in [1.82, 2.24) is 9.97 Å². The van der Waals surface area contributed by atoms with E-state index in [0.29, 0.717) is 22.5 Å². The molecule has 1 aliphatic carbocycles. The van der Waals surface area contributed by atoms with Crippen LogP contribution in [0.3, 0.4) is 0 Å². The van der Waals surface area contributed by atoms with Gasteiger partial charge >= 0.3 is 0 Å². The first-order chi connectivity index (χ1) is 16.1. The van der Waals surface area contributed by atoms with Crippen LogP contribution in [0.4, 0.5) is 26.2 Å².